The monoisotopic (exact) mass is 239 g/mol. The van der Waals surface area contributed by atoms with Gasteiger partial charge in [0.25, 0.3) is 5.56 Å². The first-order valence-corrected chi connectivity index (χ1v) is 4.99. The van der Waals surface area contributed by atoms with Crippen LogP contribution in [0.2, 0.25) is 0 Å². The Morgan fingerprint density at radius 2 is 2.35 bits per heavy atom. The number of aromatic nitrogens is 4. The van der Waals surface area contributed by atoms with Gasteiger partial charge in [0.15, 0.2) is 11.2 Å². The molecule has 0 saturated carbocycles. The van der Waals surface area contributed by atoms with Crippen molar-refractivity contribution in [3.8, 4) is 0 Å². The molecule has 2 heterocycles. The van der Waals surface area contributed by atoms with Crippen LogP contribution < -0.4 is 11.3 Å². The average Bonchev–Trinajstić information content (AvgIpc) is 2.68. The van der Waals surface area contributed by atoms with Gasteiger partial charge < -0.3 is 15.2 Å². The van der Waals surface area contributed by atoms with Crippen molar-refractivity contribution in [2.75, 3.05) is 26.1 Å². The molecule has 2 aromatic heterocycles. The third kappa shape index (κ3) is 2.43. The predicted octanol–water partition coefficient (Wildman–Crippen LogP) is -0.678. The van der Waals surface area contributed by atoms with E-state index in [0.717, 1.165) is 0 Å². The van der Waals surface area contributed by atoms with Gasteiger partial charge in [-0.3, -0.25) is 14.3 Å². The Morgan fingerprint density at radius 3 is 3.12 bits per heavy atom. The molecule has 92 valence electrons. The topological polar surface area (TPSA) is 108 Å². The Bertz CT molecular complexity index is 561. The lowest BCUT2D eigenvalue weighted by atomic mass is 10.5. The van der Waals surface area contributed by atoms with Crippen molar-refractivity contribution in [2.45, 2.75) is 6.73 Å². The minimum atomic E-state index is -0.358. The number of fused-ring (bicyclic) bond motifs is 1. The first-order chi connectivity index (χ1) is 8.22. The van der Waals surface area contributed by atoms with E-state index < -0.39 is 0 Å². The van der Waals surface area contributed by atoms with Crippen LogP contribution in [0.3, 0.4) is 0 Å². The van der Waals surface area contributed by atoms with Crippen LogP contribution in [0.25, 0.3) is 11.2 Å². The quantitative estimate of drug-likeness (QED) is 0.669. The molecule has 0 spiro atoms. The molecule has 2 aromatic rings. The second-order valence-electron chi connectivity index (χ2n) is 3.37. The molecule has 3 N–H and O–H groups in total. The summed E-state index contributed by atoms with van der Waals surface area (Å²) in [6.07, 6.45) is 1.49. The summed E-state index contributed by atoms with van der Waals surface area (Å²) in [6.45, 7) is 1.20. The summed E-state index contributed by atoms with van der Waals surface area (Å²) in [5, 5.41) is 0. The number of imidazole rings is 1. The maximum absolute atomic E-state index is 11.5. The number of nitrogens with zero attached hydrogens (tertiary/aromatic N) is 3. The number of nitrogens with two attached hydrogens (primary N) is 1. The number of methoxy groups -OCH3 is 1. The lowest BCUT2D eigenvalue weighted by Crippen LogP contribution is -2.13. The fourth-order valence-electron chi connectivity index (χ4n) is 1.37. The number of nitrogens with one attached hydrogen (secondary N) is 1. The van der Waals surface area contributed by atoms with E-state index in [9.17, 15) is 4.79 Å². The molecule has 0 aliphatic heterocycles. The minimum Gasteiger partial charge on any atom is -0.382 e. The lowest BCUT2D eigenvalue weighted by molar-refractivity contribution is 0.0356. The van der Waals surface area contributed by atoms with Crippen LogP contribution in [0.1, 0.15) is 0 Å². The van der Waals surface area contributed by atoms with Gasteiger partial charge in [0.2, 0.25) is 5.95 Å². The zero-order valence-electron chi connectivity index (χ0n) is 9.34. The number of hydrogen-bond donors (Lipinski definition) is 2. The minimum absolute atomic E-state index is 0.0566. The number of nitrogen functional groups attached to an aromatic ring is 1. The molecule has 0 aromatic carbocycles. The highest BCUT2D eigenvalue weighted by Crippen LogP contribution is 2.06. The highest BCUT2D eigenvalue weighted by atomic mass is 16.5. The first kappa shape index (κ1) is 11.6. The SMILES string of the molecule is COCCOCn1cnc2c(=O)[nH]c(N)nc21. The third-order valence-corrected chi connectivity index (χ3v) is 2.16. The largest absolute Gasteiger partial charge is 0.382 e. The number of H-pyrrole nitrogens is 1. The van der Waals surface area contributed by atoms with E-state index in [2.05, 4.69) is 15.0 Å². The van der Waals surface area contributed by atoms with Gasteiger partial charge in [0, 0.05) is 7.11 Å². The van der Waals surface area contributed by atoms with E-state index in [1.807, 2.05) is 0 Å². The molecule has 0 bridgehead atoms. The molecular weight excluding hydrogens is 226 g/mol. The van der Waals surface area contributed by atoms with E-state index in [-0.39, 0.29) is 23.8 Å². The van der Waals surface area contributed by atoms with Gasteiger partial charge in [-0.2, -0.15) is 4.98 Å². The molecule has 0 amide bonds. The van der Waals surface area contributed by atoms with E-state index in [1.54, 1.807) is 11.7 Å². The summed E-state index contributed by atoms with van der Waals surface area (Å²) < 4.78 is 11.8. The predicted molar refractivity (Wildman–Crippen MR) is 60.4 cm³/mol. The number of aromatic amines is 1. The van der Waals surface area contributed by atoms with E-state index in [1.165, 1.54) is 6.33 Å². The second-order valence-corrected chi connectivity index (χ2v) is 3.37. The molecule has 0 unspecified atom stereocenters. The van der Waals surface area contributed by atoms with Crippen LogP contribution in [0.5, 0.6) is 0 Å². The summed E-state index contributed by atoms with van der Waals surface area (Å²) >= 11 is 0. The van der Waals surface area contributed by atoms with Crippen molar-refractivity contribution in [1.29, 1.82) is 0 Å². The summed E-state index contributed by atoms with van der Waals surface area (Å²) in [7, 11) is 1.60. The Hall–Kier alpha value is -1.93. The molecular formula is C9H13N5O3. The van der Waals surface area contributed by atoms with E-state index >= 15 is 0 Å². The highest BCUT2D eigenvalue weighted by molar-refractivity contribution is 5.70. The summed E-state index contributed by atoms with van der Waals surface area (Å²) in [6, 6.07) is 0. The Balaban J connectivity index is 2.21. The maximum atomic E-state index is 11.5. The van der Waals surface area contributed by atoms with Gasteiger partial charge in [-0.25, -0.2) is 4.98 Å². The van der Waals surface area contributed by atoms with E-state index in [0.29, 0.717) is 18.9 Å². The van der Waals surface area contributed by atoms with Crippen molar-refractivity contribution in [3.05, 3.63) is 16.7 Å². The zero-order valence-corrected chi connectivity index (χ0v) is 9.34. The normalized spacial score (nSPS) is 11.1. The molecule has 0 atom stereocenters. The molecule has 8 heteroatoms. The van der Waals surface area contributed by atoms with Crippen molar-refractivity contribution in [2.24, 2.45) is 0 Å². The summed E-state index contributed by atoms with van der Waals surface area (Å²) in [5.74, 6) is 0.0566. The van der Waals surface area contributed by atoms with Crippen LogP contribution in [-0.4, -0.2) is 39.8 Å². The summed E-state index contributed by atoms with van der Waals surface area (Å²) in [4.78, 5) is 21.8. The van der Waals surface area contributed by atoms with Crippen molar-refractivity contribution in [1.82, 2.24) is 19.5 Å². The van der Waals surface area contributed by atoms with Gasteiger partial charge in [0.05, 0.1) is 19.5 Å². The van der Waals surface area contributed by atoms with Crippen LogP contribution in [0, 0.1) is 0 Å². The molecule has 0 aliphatic rings. The van der Waals surface area contributed by atoms with Crippen LogP contribution in [0.4, 0.5) is 5.95 Å². The molecule has 0 radical (unpaired) electrons. The molecule has 0 saturated heterocycles. The summed E-state index contributed by atoms with van der Waals surface area (Å²) in [5.41, 5.74) is 5.75. The van der Waals surface area contributed by atoms with Crippen LogP contribution in [0.15, 0.2) is 11.1 Å². The Kier molecular flexibility index (Phi) is 3.35. The van der Waals surface area contributed by atoms with Gasteiger partial charge >= 0.3 is 0 Å². The number of rotatable bonds is 5. The average molecular weight is 239 g/mol. The third-order valence-electron chi connectivity index (χ3n) is 2.16. The molecule has 0 fully saturated rings. The van der Waals surface area contributed by atoms with Crippen LogP contribution >= 0.6 is 0 Å². The second kappa shape index (κ2) is 4.93. The van der Waals surface area contributed by atoms with Gasteiger partial charge in [-0.15, -0.1) is 0 Å². The van der Waals surface area contributed by atoms with Crippen molar-refractivity contribution in [3.63, 3.8) is 0 Å². The maximum Gasteiger partial charge on any atom is 0.280 e. The Labute approximate surface area is 96.4 Å². The van der Waals surface area contributed by atoms with Gasteiger partial charge in [0.1, 0.15) is 6.73 Å². The lowest BCUT2D eigenvalue weighted by Gasteiger charge is -2.04. The molecule has 8 nitrogen and oxygen atoms in total. The van der Waals surface area contributed by atoms with Gasteiger partial charge in [-0.1, -0.05) is 0 Å². The fraction of sp³-hybridized carbons (Fsp3) is 0.444. The smallest absolute Gasteiger partial charge is 0.280 e. The highest BCUT2D eigenvalue weighted by Gasteiger charge is 2.08. The molecule has 0 aliphatic carbocycles. The van der Waals surface area contributed by atoms with Crippen molar-refractivity contribution < 1.29 is 9.47 Å². The number of anilines is 1. The van der Waals surface area contributed by atoms with Gasteiger partial charge in [-0.05, 0) is 0 Å². The standard InChI is InChI=1S/C9H13N5O3/c1-16-2-3-17-5-14-4-11-6-7(14)12-9(10)13-8(6)15/h4H,2-3,5H2,1H3,(H3,10,12,13,15). The van der Waals surface area contributed by atoms with E-state index in [4.69, 9.17) is 15.2 Å². The Morgan fingerprint density at radius 1 is 1.53 bits per heavy atom. The fourth-order valence-corrected chi connectivity index (χ4v) is 1.37. The van der Waals surface area contributed by atoms with Crippen LogP contribution in [-0.2, 0) is 16.2 Å². The number of hydrogen-bond acceptors (Lipinski definition) is 6. The number of ether oxygens (including phenoxy) is 2. The molecule has 17 heavy (non-hydrogen) atoms. The van der Waals surface area contributed by atoms with Crippen molar-refractivity contribution >= 4 is 17.1 Å². The molecule has 2 rings (SSSR count). The zero-order chi connectivity index (χ0) is 12.3. The first-order valence-electron chi connectivity index (χ1n) is 4.99.